The Balaban J connectivity index is 1.83. The van der Waals surface area contributed by atoms with Gasteiger partial charge in [-0.1, -0.05) is 0 Å². The van der Waals surface area contributed by atoms with Crippen LogP contribution in [0.5, 0.6) is 17.2 Å². The highest BCUT2D eigenvalue weighted by Crippen LogP contribution is 2.42. The lowest BCUT2D eigenvalue weighted by Crippen LogP contribution is -2.04. The van der Waals surface area contributed by atoms with E-state index in [2.05, 4.69) is 15.2 Å². The molecule has 0 spiro atoms. The molecule has 0 bridgehead atoms. The van der Waals surface area contributed by atoms with Gasteiger partial charge in [0.15, 0.2) is 11.5 Å². The van der Waals surface area contributed by atoms with Crippen LogP contribution in [0.25, 0.3) is 11.5 Å². The van der Waals surface area contributed by atoms with Gasteiger partial charge in [0.25, 0.3) is 5.22 Å². The number of pyridine rings is 1. The fraction of sp³-hybridized carbons (Fsp3) is 0.364. The molecule has 9 nitrogen and oxygen atoms in total. The third kappa shape index (κ3) is 5.70. The summed E-state index contributed by atoms with van der Waals surface area (Å²) >= 11 is 1.19. The zero-order chi connectivity index (χ0) is 22.9. The number of aromatic nitrogens is 3. The Kier molecular flexibility index (Phi) is 8.32. The van der Waals surface area contributed by atoms with E-state index in [4.69, 9.17) is 23.4 Å². The standard InChI is InChI=1S/C22H25N3O6S/c1-5-27-16-11-15(12-17(28-6-2)19(16)29-7-3)20-24-25-22(31-20)32-18-10-9-14(13-23-18)21(26)30-8-4/h9-13H,5-8H2,1-4H3. The number of carbonyl (C=O) groups excluding carboxylic acids is 1. The molecule has 32 heavy (non-hydrogen) atoms. The molecule has 170 valence electrons. The van der Waals surface area contributed by atoms with Gasteiger partial charge in [-0.05, 0) is 63.7 Å². The molecule has 0 fully saturated rings. The highest BCUT2D eigenvalue weighted by Gasteiger charge is 2.19. The number of hydrogen-bond acceptors (Lipinski definition) is 10. The molecule has 2 heterocycles. The fourth-order valence-corrected chi connectivity index (χ4v) is 3.37. The molecule has 3 rings (SSSR count). The zero-order valence-electron chi connectivity index (χ0n) is 18.4. The lowest BCUT2D eigenvalue weighted by atomic mass is 10.2. The molecule has 0 aliphatic heterocycles. The van der Waals surface area contributed by atoms with Crippen molar-refractivity contribution in [3.05, 3.63) is 36.0 Å². The van der Waals surface area contributed by atoms with Crippen LogP contribution in [0.4, 0.5) is 0 Å². The van der Waals surface area contributed by atoms with Crippen LogP contribution in [-0.4, -0.2) is 47.6 Å². The predicted molar refractivity (Wildman–Crippen MR) is 118 cm³/mol. The Hall–Kier alpha value is -3.27. The van der Waals surface area contributed by atoms with E-state index in [1.165, 1.54) is 18.0 Å². The highest BCUT2D eigenvalue weighted by atomic mass is 32.2. The third-order valence-corrected chi connectivity index (χ3v) is 4.79. The molecule has 0 N–H and O–H groups in total. The third-order valence-electron chi connectivity index (χ3n) is 4.00. The van der Waals surface area contributed by atoms with Crippen molar-refractivity contribution in [2.45, 2.75) is 37.9 Å². The van der Waals surface area contributed by atoms with Crippen molar-refractivity contribution >= 4 is 17.7 Å². The first-order chi connectivity index (χ1) is 15.6. The van der Waals surface area contributed by atoms with Crippen LogP contribution in [0.3, 0.4) is 0 Å². The van der Waals surface area contributed by atoms with Gasteiger partial charge in [-0.2, -0.15) is 0 Å². The Labute approximate surface area is 190 Å². The van der Waals surface area contributed by atoms with Gasteiger partial charge in [0.05, 0.1) is 32.0 Å². The van der Waals surface area contributed by atoms with Crippen LogP contribution in [0.15, 0.2) is 45.1 Å². The van der Waals surface area contributed by atoms with Crippen molar-refractivity contribution in [1.82, 2.24) is 15.2 Å². The first-order valence-electron chi connectivity index (χ1n) is 10.3. The molecule has 10 heteroatoms. The topological polar surface area (TPSA) is 106 Å². The van der Waals surface area contributed by atoms with E-state index < -0.39 is 5.97 Å². The maximum atomic E-state index is 11.7. The molecular weight excluding hydrogens is 434 g/mol. The van der Waals surface area contributed by atoms with Crippen molar-refractivity contribution in [1.29, 1.82) is 0 Å². The summed E-state index contributed by atoms with van der Waals surface area (Å²) < 4.78 is 28.0. The molecule has 2 aromatic heterocycles. The normalized spacial score (nSPS) is 10.6. The van der Waals surface area contributed by atoms with Gasteiger partial charge in [-0.3, -0.25) is 0 Å². The number of benzene rings is 1. The predicted octanol–water partition coefficient (Wildman–Crippen LogP) is 4.66. The molecule has 1 aromatic carbocycles. The minimum absolute atomic E-state index is 0.306. The SMILES string of the molecule is CCOC(=O)c1ccc(Sc2nnc(-c3cc(OCC)c(OCC)c(OCC)c3)o2)nc1. The largest absolute Gasteiger partial charge is 0.490 e. The van der Waals surface area contributed by atoms with E-state index in [0.717, 1.165) is 0 Å². The number of esters is 1. The second-order valence-corrected chi connectivity index (χ2v) is 7.15. The van der Waals surface area contributed by atoms with Gasteiger partial charge in [-0.25, -0.2) is 9.78 Å². The van der Waals surface area contributed by atoms with Crippen molar-refractivity contribution in [2.24, 2.45) is 0 Å². The summed E-state index contributed by atoms with van der Waals surface area (Å²) in [6, 6.07) is 6.90. The lowest BCUT2D eigenvalue weighted by Gasteiger charge is -2.16. The monoisotopic (exact) mass is 459 g/mol. The maximum Gasteiger partial charge on any atom is 0.339 e. The summed E-state index contributed by atoms with van der Waals surface area (Å²) in [6.07, 6.45) is 1.45. The van der Waals surface area contributed by atoms with E-state index in [9.17, 15) is 4.79 Å². The van der Waals surface area contributed by atoms with E-state index >= 15 is 0 Å². The quantitative estimate of drug-likeness (QED) is 0.376. The number of ether oxygens (including phenoxy) is 4. The van der Waals surface area contributed by atoms with Crippen molar-refractivity contribution < 1.29 is 28.2 Å². The van der Waals surface area contributed by atoms with Crippen molar-refractivity contribution in [3.63, 3.8) is 0 Å². The molecule has 0 saturated heterocycles. The first kappa shape index (κ1) is 23.4. The Morgan fingerprint density at radius 2 is 1.62 bits per heavy atom. The van der Waals surface area contributed by atoms with Gasteiger partial charge in [0, 0.05) is 11.8 Å². The van der Waals surface area contributed by atoms with Crippen molar-refractivity contribution in [3.8, 4) is 28.7 Å². The van der Waals surface area contributed by atoms with E-state index in [0.29, 0.717) is 70.9 Å². The molecule has 0 unspecified atom stereocenters. The van der Waals surface area contributed by atoms with Gasteiger partial charge < -0.3 is 23.4 Å². The van der Waals surface area contributed by atoms with E-state index in [-0.39, 0.29) is 0 Å². The van der Waals surface area contributed by atoms with Crippen molar-refractivity contribution in [2.75, 3.05) is 26.4 Å². The van der Waals surface area contributed by atoms with Crippen LogP contribution in [0.2, 0.25) is 0 Å². The average molecular weight is 460 g/mol. The summed E-state index contributed by atoms with van der Waals surface area (Å²) in [5.41, 5.74) is 1.02. The van der Waals surface area contributed by atoms with E-state index in [1.807, 2.05) is 20.8 Å². The second-order valence-electron chi connectivity index (χ2n) is 6.18. The summed E-state index contributed by atoms with van der Waals surface area (Å²) in [6.45, 7) is 9.15. The number of hydrogen-bond donors (Lipinski definition) is 0. The van der Waals surface area contributed by atoms with Gasteiger partial charge >= 0.3 is 5.97 Å². The average Bonchev–Trinajstić information content (AvgIpc) is 3.25. The fourth-order valence-electron chi connectivity index (χ4n) is 2.75. The maximum absolute atomic E-state index is 11.7. The molecule has 0 saturated carbocycles. The summed E-state index contributed by atoms with van der Waals surface area (Å²) in [4.78, 5) is 16.0. The molecule has 0 aliphatic carbocycles. The van der Waals surface area contributed by atoms with Crippen LogP contribution < -0.4 is 14.2 Å². The van der Waals surface area contributed by atoms with Gasteiger partial charge in [-0.15, -0.1) is 10.2 Å². The zero-order valence-corrected chi connectivity index (χ0v) is 19.2. The highest BCUT2D eigenvalue weighted by molar-refractivity contribution is 7.99. The van der Waals surface area contributed by atoms with Gasteiger partial charge in [0.2, 0.25) is 11.6 Å². The minimum atomic E-state index is -0.415. The molecular formula is C22H25N3O6S. The molecule has 0 radical (unpaired) electrons. The minimum Gasteiger partial charge on any atom is -0.490 e. The van der Waals surface area contributed by atoms with Crippen LogP contribution in [-0.2, 0) is 4.74 Å². The molecule has 0 aliphatic rings. The number of rotatable bonds is 11. The van der Waals surface area contributed by atoms with E-state index in [1.54, 1.807) is 31.2 Å². The first-order valence-corrected chi connectivity index (χ1v) is 11.1. The summed E-state index contributed by atoms with van der Waals surface area (Å²) in [5.74, 6) is 1.51. The number of carbonyl (C=O) groups is 1. The second kappa shape index (κ2) is 11.4. The van der Waals surface area contributed by atoms with Gasteiger partial charge in [0.1, 0.15) is 5.03 Å². The summed E-state index contributed by atoms with van der Waals surface area (Å²) in [7, 11) is 0. The lowest BCUT2D eigenvalue weighted by molar-refractivity contribution is 0.0525. The Morgan fingerprint density at radius 3 is 2.19 bits per heavy atom. The van der Waals surface area contributed by atoms with Crippen LogP contribution >= 0.6 is 11.8 Å². The Morgan fingerprint density at radius 1 is 0.938 bits per heavy atom. The van der Waals surface area contributed by atoms with Crippen LogP contribution in [0, 0.1) is 0 Å². The summed E-state index contributed by atoms with van der Waals surface area (Å²) in [5, 5.41) is 9.13. The smallest absolute Gasteiger partial charge is 0.339 e. The Bertz CT molecular complexity index is 1010. The molecule has 0 amide bonds. The molecule has 0 atom stereocenters. The number of nitrogens with zero attached hydrogens (tertiary/aromatic N) is 3. The molecule has 3 aromatic rings. The van der Waals surface area contributed by atoms with Crippen LogP contribution in [0.1, 0.15) is 38.1 Å².